The number of aliphatic carboxylic acids is 1. The normalized spacial score (nSPS) is 20.5. The van der Waals surface area contributed by atoms with Crippen molar-refractivity contribution in [3.63, 3.8) is 0 Å². The van der Waals surface area contributed by atoms with Crippen molar-refractivity contribution < 1.29 is 15.0 Å². The lowest BCUT2D eigenvalue weighted by Gasteiger charge is -2.42. The third kappa shape index (κ3) is 4.64. The molecule has 0 atom stereocenters. The lowest BCUT2D eigenvalue weighted by Crippen LogP contribution is -2.53. The van der Waals surface area contributed by atoms with E-state index in [1.54, 1.807) is 0 Å². The minimum absolute atomic E-state index is 0.00812. The number of aliphatic hydroxyl groups is 1. The molecule has 4 nitrogen and oxygen atoms in total. The van der Waals surface area contributed by atoms with Gasteiger partial charge in [0.25, 0.3) is 0 Å². The van der Waals surface area contributed by atoms with Crippen molar-refractivity contribution in [2.24, 2.45) is 0 Å². The summed E-state index contributed by atoms with van der Waals surface area (Å²) in [7, 11) is 0. The topological polar surface area (TPSA) is 60.8 Å². The molecule has 0 heterocycles. The molecule has 0 amide bonds. The van der Waals surface area contributed by atoms with Crippen LogP contribution in [0, 0.1) is 0 Å². The standard InChI is InChI=1S/C13H25NO3/c1-12(2,3)14(9-11(15)16)10-13(17)7-5-4-6-8-13/h17H,4-10H2,1-3H3,(H,15,16). The van der Waals surface area contributed by atoms with E-state index in [0.717, 1.165) is 25.7 Å². The largest absolute Gasteiger partial charge is 0.480 e. The minimum atomic E-state index is -0.834. The van der Waals surface area contributed by atoms with Crippen molar-refractivity contribution >= 4 is 5.97 Å². The number of nitrogens with zero attached hydrogens (tertiary/aromatic N) is 1. The Morgan fingerprint density at radius 2 is 1.76 bits per heavy atom. The van der Waals surface area contributed by atoms with Crippen molar-refractivity contribution in [2.75, 3.05) is 13.1 Å². The molecule has 1 saturated carbocycles. The van der Waals surface area contributed by atoms with E-state index in [9.17, 15) is 9.90 Å². The Labute approximate surface area is 104 Å². The molecule has 0 unspecified atom stereocenters. The minimum Gasteiger partial charge on any atom is -0.480 e. The highest BCUT2D eigenvalue weighted by Crippen LogP contribution is 2.30. The molecule has 1 aliphatic carbocycles. The Balaban J connectivity index is 2.67. The molecule has 0 aromatic rings. The Morgan fingerprint density at radius 1 is 1.24 bits per heavy atom. The van der Waals surface area contributed by atoms with Gasteiger partial charge < -0.3 is 10.2 Å². The Bertz CT molecular complexity index is 264. The van der Waals surface area contributed by atoms with Crippen molar-refractivity contribution in [3.05, 3.63) is 0 Å². The third-order valence-corrected chi connectivity index (χ3v) is 3.54. The number of carboxylic acid groups (broad SMARTS) is 1. The predicted octanol–water partition coefficient (Wildman–Crippen LogP) is 1.87. The Kier molecular flexibility index (Phi) is 4.55. The molecule has 0 spiro atoms. The quantitative estimate of drug-likeness (QED) is 0.791. The van der Waals surface area contributed by atoms with Gasteiger partial charge in [0.15, 0.2) is 0 Å². The van der Waals surface area contributed by atoms with Gasteiger partial charge in [0, 0.05) is 12.1 Å². The van der Waals surface area contributed by atoms with E-state index < -0.39 is 11.6 Å². The fraction of sp³-hybridized carbons (Fsp3) is 0.923. The molecule has 1 fully saturated rings. The first-order valence-corrected chi connectivity index (χ1v) is 6.42. The summed E-state index contributed by atoms with van der Waals surface area (Å²) in [5.41, 5.74) is -0.924. The summed E-state index contributed by atoms with van der Waals surface area (Å²) >= 11 is 0. The van der Waals surface area contributed by atoms with Crippen molar-refractivity contribution in [1.29, 1.82) is 0 Å². The van der Waals surface area contributed by atoms with E-state index in [4.69, 9.17) is 5.11 Å². The van der Waals surface area contributed by atoms with Crippen LogP contribution >= 0.6 is 0 Å². The monoisotopic (exact) mass is 243 g/mol. The van der Waals surface area contributed by atoms with Gasteiger partial charge in [-0.3, -0.25) is 9.69 Å². The summed E-state index contributed by atoms with van der Waals surface area (Å²) in [6, 6.07) is 0. The average Bonchev–Trinajstić information content (AvgIpc) is 2.15. The van der Waals surface area contributed by atoms with Crippen LogP contribution in [0.1, 0.15) is 52.9 Å². The molecule has 100 valence electrons. The SMILES string of the molecule is CC(C)(C)N(CC(=O)O)CC1(O)CCCCC1. The lowest BCUT2D eigenvalue weighted by atomic mass is 9.83. The summed E-state index contributed by atoms with van der Waals surface area (Å²) in [5.74, 6) is -0.834. The van der Waals surface area contributed by atoms with Crippen LogP contribution in [0.5, 0.6) is 0 Å². The zero-order valence-electron chi connectivity index (χ0n) is 11.2. The van der Waals surface area contributed by atoms with Crippen LogP contribution in [0.2, 0.25) is 0 Å². The zero-order chi connectivity index (χ0) is 13.1. The van der Waals surface area contributed by atoms with Gasteiger partial charge in [-0.05, 0) is 33.6 Å². The first kappa shape index (κ1) is 14.5. The number of carboxylic acids is 1. The molecule has 1 rings (SSSR count). The second-order valence-corrected chi connectivity index (χ2v) is 6.21. The van der Waals surface area contributed by atoms with Crippen LogP contribution in [0.4, 0.5) is 0 Å². The summed E-state index contributed by atoms with van der Waals surface area (Å²) < 4.78 is 0. The molecule has 0 aromatic carbocycles. The zero-order valence-corrected chi connectivity index (χ0v) is 11.2. The van der Waals surface area contributed by atoms with E-state index in [1.807, 2.05) is 25.7 Å². The van der Waals surface area contributed by atoms with Crippen LogP contribution in [0.15, 0.2) is 0 Å². The fourth-order valence-electron chi connectivity index (χ4n) is 2.42. The highest BCUT2D eigenvalue weighted by molar-refractivity contribution is 5.69. The van der Waals surface area contributed by atoms with E-state index >= 15 is 0 Å². The van der Waals surface area contributed by atoms with Gasteiger partial charge in [-0.25, -0.2) is 0 Å². The third-order valence-electron chi connectivity index (χ3n) is 3.54. The van der Waals surface area contributed by atoms with Gasteiger partial charge in [0.2, 0.25) is 0 Å². The van der Waals surface area contributed by atoms with Crippen LogP contribution in [-0.2, 0) is 4.79 Å². The summed E-state index contributed by atoms with van der Waals surface area (Å²) in [4.78, 5) is 12.7. The molecule has 0 aromatic heterocycles. The van der Waals surface area contributed by atoms with E-state index in [2.05, 4.69) is 0 Å². The van der Waals surface area contributed by atoms with Gasteiger partial charge in [0.05, 0.1) is 12.1 Å². The predicted molar refractivity (Wildman–Crippen MR) is 67.0 cm³/mol. The molecule has 0 aliphatic heterocycles. The van der Waals surface area contributed by atoms with Gasteiger partial charge in [0.1, 0.15) is 0 Å². The fourth-order valence-corrected chi connectivity index (χ4v) is 2.42. The van der Waals surface area contributed by atoms with Gasteiger partial charge in [-0.2, -0.15) is 0 Å². The Hall–Kier alpha value is -0.610. The average molecular weight is 243 g/mol. The van der Waals surface area contributed by atoms with Crippen LogP contribution < -0.4 is 0 Å². The highest BCUT2D eigenvalue weighted by Gasteiger charge is 2.35. The molecule has 0 bridgehead atoms. The summed E-state index contributed by atoms with van der Waals surface area (Å²) in [6.07, 6.45) is 4.85. The lowest BCUT2D eigenvalue weighted by molar-refractivity contribution is -0.141. The van der Waals surface area contributed by atoms with Crippen molar-refractivity contribution in [2.45, 2.75) is 64.0 Å². The first-order chi connectivity index (χ1) is 7.73. The first-order valence-electron chi connectivity index (χ1n) is 6.42. The van der Waals surface area contributed by atoms with E-state index in [-0.39, 0.29) is 12.1 Å². The summed E-state index contributed by atoms with van der Waals surface area (Å²) in [5, 5.41) is 19.4. The highest BCUT2D eigenvalue weighted by atomic mass is 16.4. The number of hydrogen-bond acceptors (Lipinski definition) is 3. The smallest absolute Gasteiger partial charge is 0.317 e. The van der Waals surface area contributed by atoms with Crippen LogP contribution in [0.25, 0.3) is 0 Å². The van der Waals surface area contributed by atoms with Crippen molar-refractivity contribution in [3.8, 4) is 0 Å². The number of hydrogen-bond donors (Lipinski definition) is 2. The van der Waals surface area contributed by atoms with Crippen LogP contribution in [-0.4, -0.2) is 45.3 Å². The molecule has 1 aliphatic rings. The van der Waals surface area contributed by atoms with Gasteiger partial charge >= 0.3 is 5.97 Å². The van der Waals surface area contributed by atoms with Gasteiger partial charge in [-0.15, -0.1) is 0 Å². The molecule has 0 radical (unpaired) electrons. The molecular weight excluding hydrogens is 218 g/mol. The Morgan fingerprint density at radius 3 is 2.18 bits per heavy atom. The van der Waals surface area contributed by atoms with E-state index in [1.165, 1.54) is 6.42 Å². The number of β-amino-alcohol motifs (C(OH)–C–C–N with tert-alkyl or cyclic N) is 1. The number of carbonyl (C=O) groups is 1. The van der Waals surface area contributed by atoms with Crippen molar-refractivity contribution in [1.82, 2.24) is 4.90 Å². The maximum absolute atomic E-state index is 10.9. The molecule has 17 heavy (non-hydrogen) atoms. The van der Waals surface area contributed by atoms with Gasteiger partial charge in [-0.1, -0.05) is 19.3 Å². The van der Waals surface area contributed by atoms with Crippen LogP contribution in [0.3, 0.4) is 0 Å². The molecule has 2 N–H and O–H groups in total. The second kappa shape index (κ2) is 5.36. The maximum Gasteiger partial charge on any atom is 0.317 e. The second-order valence-electron chi connectivity index (χ2n) is 6.21. The molecule has 0 saturated heterocycles. The summed E-state index contributed by atoms with van der Waals surface area (Å²) in [6.45, 7) is 6.42. The molecular formula is C13H25NO3. The molecule has 4 heteroatoms. The maximum atomic E-state index is 10.9. The number of rotatable bonds is 4. The van der Waals surface area contributed by atoms with E-state index in [0.29, 0.717) is 6.54 Å².